The summed E-state index contributed by atoms with van der Waals surface area (Å²) in [4.78, 5) is 0. The van der Waals surface area contributed by atoms with Gasteiger partial charge in [0, 0.05) is 0 Å². The van der Waals surface area contributed by atoms with E-state index in [4.69, 9.17) is 0 Å². The van der Waals surface area contributed by atoms with Gasteiger partial charge in [-0.25, -0.2) is 0 Å². The molecule has 0 heteroatoms. The first-order chi connectivity index (χ1) is 6.67. The van der Waals surface area contributed by atoms with Gasteiger partial charge in [0.15, 0.2) is 0 Å². The Bertz CT molecular complexity index is 117. The Hall–Kier alpha value is 0. The maximum atomic E-state index is 2.45. The van der Waals surface area contributed by atoms with Crippen molar-refractivity contribution < 1.29 is 0 Å². The molecule has 0 saturated carbocycles. The van der Waals surface area contributed by atoms with Crippen molar-refractivity contribution in [3.63, 3.8) is 0 Å². The van der Waals surface area contributed by atoms with Crippen LogP contribution in [0.25, 0.3) is 0 Å². The van der Waals surface area contributed by atoms with Crippen molar-refractivity contribution >= 4 is 0 Å². The molecule has 0 nitrogen and oxygen atoms in total. The summed E-state index contributed by atoms with van der Waals surface area (Å²) in [6, 6.07) is 0. The van der Waals surface area contributed by atoms with Crippen LogP contribution in [0.15, 0.2) is 0 Å². The van der Waals surface area contributed by atoms with E-state index >= 15 is 0 Å². The van der Waals surface area contributed by atoms with Gasteiger partial charge in [-0.15, -0.1) is 0 Å². The maximum absolute atomic E-state index is 2.45. The lowest BCUT2D eigenvalue weighted by molar-refractivity contribution is 0.232. The van der Waals surface area contributed by atoms with Crippen molar-refractivity contribution in [2.45, 2.75) is 73.1 Å². The van der Waals surface area contributed by atoms with E-state index in [-0.39, 0.29) is 0 Å². The molecule has 0 saturated heterocycles. The topological polar surface area (TPSA) is 0 Å². The lowest BCUT2D eigenvalue weighted by Crippen LogP contribution is -2.18. The summed E-state index contributed by atoms with van der Waals surface area (Å²) in [7, 11) is 0. The monoisotopic (exact) mass is 198 g/mol. The van der Waals surface area contributed by atoms with Crippen LogP contribution in [0.4, 0.5) is 0 Å². The standard InChI is InChI=1S/C14H30/c1-6-9-10-11-14(8-3)13(5)12(4)7-2/h12-14H,6-11H2,1-5H3. The van der Waals surface area contributed by atoms with Crippen LogP contribution in [0, 0.1) is 17.8 Å². The first-order valence-corrected chi connectivity index (χ1v) is 6.67. The lowest BCUT2D eigenvalue weighted by Gasteiger charge is -2.27. The molecule has 0 aliphatic carbocycles. The third-order valence-electron chi connectivity index (χ3n) is 3.99. The van der Waals surface area contributed by atoms with E-state index in [1.165, 1.54) is 38.5 Å². The Labute approximate surface area is 91.5 Å². The van der Waals surface area contributed by atoms with Gasteiger partial charge < -0.3 is 0 Å². The van der Waals surface area contributed by atoms with Gasteiger partial charge in [-0.2, -0.15) is 0 Å². The van der Waals surface area contributed by atoms with E-state index in [0.29, 0.717) is 0 Å². The van der Waals surface area contributed by atoms with E-state index in [1.807, 2.05) is 0 Å². The first-order valence-electron chi connectivity index (χ1n) is 6.67. The number of rotatable bonds is 8. The highest BCUT2D eigenvalue weighted by atomic mass is 14.2. The summed E-state index contributed by atoms with van der Waals surface area (Å²) in [5, 5.41) is 0. The smallest absolute Gasteiger partial charge is 0.0389 e. The van der Waals surface area contributed by atoms with Gasteiger partial charge in [0.05, 0.1) is 0 Å². The molecule has 0 spiro atoms. The Kier molecular flexibility index (Phi) is 8.32. The normalized spacial score (nSPS) is 17.8. The average molecular weight is 198 g/mol. The zero-order valence-electron chi connectivity index (χ0n) is 11.0. The first kappa shape index (κ1) is 14.0. The van der Waals surface area contributed by atoms with Gasteiger partial charge in [-0.1, -0.05) is 73.1 Å². The minimum Gasteiger partial charge on any atom is -0.0654 e. The summed E-state index contributed by atoms with van der Waals surface area (Å²) >= 11 is 0. The Morgan fingerprint density at radius 2 is 1.50 bits per heavy atom. The second-order valence-electron chi connectivity index (χ2n) is 4.91. The summed E-state index contributed by atoms with van der Waals surface area (Å²) in [5.41, 5.74) is 0. The largest absolute Gasteiger partial charge is 0.0654 e. The number of hydrogen-bond donors (Lipinski definition) is 0. The average Bonchev–Trinajstić information content (AvgIpc) is 2.22. The highest BCUT2D eigenvalue weighted by molar-refractivity contribution is 4.69. The van der Waals surface area contributed by atoms with Crippen molar-refractivity contribution in [1.29, 1.82) is 0 Å². The van der Waals surface area contributed by atoms with E-state index < -0.39 is 0 Å². The van der Waals surface area contributed by atoms with Crippen LogP contribution in [0.2, 0.25) is 0 Å². The molecule has 0 radical (unpaired) electrons. The van der Waals surface area contributed by atoms with Crippen LogP contribution in [0.5, 0.6) is 0 Å². The Balaban J connectivity index is 3.85. The van der Waals surface area contributed by atoms with Gasteiger partial charge in [-0.05, 0) is 17.8 Å². The highest BCUT2D eigenvalue weighted by Crippen LogP contribution is 2.29. The molecule has 0 amide bonds. The van der Waals surface area contributed by atoms with Crippen molar-refractivity contribution in [2.24, 2.45) is 17.8 Å². The maximum Gasteiger partial charge on any atom is -0.0389 e. The van der Waals surface area contributed by atoms with Gasteiger partial charge in [0.25, 0.3) is 0 Å². The predicted octanol–water partition coefficient (Wildman–Crippen LogP) is 5.28. The van der Waals surface area contributed by atoms with Gasteiger partial charge in [0.2, 0.25) is 0 Å². The lowest BCUT2D eigenvalue weighted by atomic mass is 9.78. The van der Waals surface area contributed by atoms with E-state index in [0.717, 1.165) is 17.8 Å². The van der Waals surface area contributed by atoms with Gasteiger partial charge >= 0.3 is 0 Å². The van der Waals surface area contributed by atoms with E-state index in [1.54, 1.807) is 0 Å². The molecule has 0 rings (SSSR count). The molecular weight excluding hydrogens is 168 g/mol. The minimum atomic E-state index is 0.904. The molecular formula is C14H30. The fraction of sp³-hybridized carbons (Fsp3) is 1.00. The SMILES string of the molecule is CCCCCC(CC)C(C)C(C)CC. The summed E-state index contributed by atoms with van der Waals surface area (Å²) in [5.74, 6) is 2.79. The molecule has 3 unspecified atom stereocenters. The molecule has 86 valence electrons. The predicted molar refractivity (Wildman–Crippen MR) is 66.5 cm³/mol. The third-order valence-corrected chi connectivity index (χ3v) is 3.99. The van der Waals surface area contributed by atoms with Crippen LogP contribution < -0.4 is 0 Å². The number of unbranched alkanes of at least 4 members (excludes halogenated alkanes) is 2. The van der Waals surface area contributed by atoms with Crippen LogP contribution in [0.1, 0.15) is 73.1 Å². The minimum absolute atomic E-state index is 0.904. The highest BCUT2D eigenvalue weighted by Gasteiger charge is 2.19. The summed E-state index contributed by atoms with van der Waals surface area (Å²) in [6.07, 6.45) is 8.38. The molecule has 0 aliphatic rings. The zero-order chi connectivity index (χ0) is 11.0. The van der Waals surface area contributed by atoms with Crippen molar-refractivity contribution in [2.75, 3.05) is 0 Å². The second-order valence-corrected chi connectivity index (χ2v) is 4.91. The molecule has 0 aromatic carbocycles. The molecule has 0 aromatic rings. The van der Waals surface area contributed by atoms with Crippen molar-refractivity contribution in [1.82, 2.24) is 0 Å². The molecule has 0 aliphatic heterocycles. The molecule has 3 atom stereocenters. The van der Waals surface area contributed by atoms with Crippen LogP contribution in [-0.2, 0) is 0 Å². The molecule has 0 bridgehead atoms. The van der Waals surface area contributed by atoms with Crippen molar-refractivity contribution in [3.05, 3.63) is 0 Å². The van der Waals surface area contributed by atoms with Gasteiger partial charge in [-0.3, -0.25) is 0 Å². The number of hydrogen-bond acceptors (Lipinski definition) is 0. The molecule has 0 aromatic heterocycles. The Morgan fingerprint density at radius 3 is 1.93 bits per heavy atom. The van der Waals surface area contributed by atoms with E-state index in [2.05, 4.69) is 34.6 Å². The molecule has 0 heterocycles. The van der Waals surface area contributed by atoms with Crippen molar-refractivity contribution in [3.8, 4) is 0 Å². The van der Waals surface area contributed by atoms with E-state index in [9.17, 15) is 0 Å². The van der Waals surface area contributed by atoms with Crippen LogP contribution in [0.3, 0.4) is 0 Å². The van der Waals surface area contributed by atoms with Crippen LogP contribution >= 0.6 is 0 Å². The zero-order valence-corrected chi connectivity index (χ0v) is 11.0. The van der Waals surface area contributed by atoms with Gasteiger partial charge in [0.1, 0.15) is 0 Å². The molecule has 0 fully saturated rings. The Morgan fingerprint density at radius 1 is 0.857 bits per heavy atom. The van der Waals surface area contributed by atoms with Crippen LogP contribution in [-0.4, -0.2) is 0 Å². The second kappa shape index (κ2) is 8.32. The summed E-state index contributed by atoms with van der Waals surface area (Å²) < 4.78 is 0. The molecule has 0 N–H and O–H groups in total. The quantitative estimate of drug-likeness (QED) is 0.466. The summed E-state index contributed by atoms with van der Waals surface area (Å²) in [6.45, 7) is 11.8. The third kappa shape index (κ3) is 5.02. The fourth-order valence-corrected chi connectivity index (χ4v) is 2.33. The fourth-order valence-electron chi connectivity index (χ4n) is 2.33. The molecule has 14 heavy (non-hydrogen) atoms.